The van der Waals surface area contributed by atoms with E-state index in [1.54, 1.807) is 6.07 Å². The molecule has 250 valence electrons. The van der Waals surface area contributed by atoms with E-state index in [2.05, 4.69) is 105 Å². The van der Waals surface area contributed by atoms with E-state index < -0.39 is 0 Å². The minimum atomic E-state index is -0.325. The summed E-state index contributed by atoms with van der Waals surface area (Å²) in [6, 6.07) is 49.8. The summed E-state index contributed by atoms with van der Waals surface area (Å²) in [7, 11) is 0. The number of amides is 2. The molecule has 0 N–H and O–H groups in total. The smallest absolute Gasteiger partial charge is 0.268 e. The van der Waals surface area contributed by atoms with Crippen molar-refractivity contribution < 1.29 is 9.59 Å². The van der Waals surface area contributed by atoms with Gasteiger partial charge in [0.05, 0.1) is 33.5 Å². The summed E-state index contributed by atoms with van der Waals surface area (Å²) in [6.07, 6.45) is 0. The monoisotopic (exact) mass is 672 g/mol. The molecule has 4 heteroatoms. The molecule has 4 nitrogen and oxygen atoms in total. The largest absolute Gasteiger partial charge is 0.308 e. The summed E-state index contributed by atoms with van der Waals surface area (Å²) in [5.74, 6) is -0.643. The number of rotatable bonds is 5. The van der Waals surface area contributed by atoms with E-state index in [0.717, 1.165) is 55.2 Å². The van der Waals surface area contributed by atoms with Gasteiger partial charge in [-0.2, -0.15) is 0 Å². The van der Waals surface area contributed by atoms with Crippen LogP contribution in [0.15, 0.2) is 146 Å². The molecule has 0 spiro atoms. The van der Waals surface area contributed by atoms with Gasteiger partial charge in [-0.25, -0.2) is 4.90 Å². The van der Waals surface area contributed by atoms with Crippen molar-refractivity contribution in [2.24, 2.45) is 0 Å². The van der Waals surface area contributed by atoms with Crippen molar-refractivity contribution in [1.29, 1.82) is 0 Å². The minimum Gasteiger partial charge on any atom is -0.308 e. The van der Waals surface area contributed by atoms with Crippen molar-refractivity contribution in [3.63, 3.8) is 0 Å². The topological polar surface area (TPSA) is 42.3 Å². The van der Waals surface area contributed by atoms with Gasteiger partial charge >= 0.3 is 0 Å². The molecule has 0 bridgehead atoms. The Bertz CT molecular complexity index is 2600. The predicted octanol–water partition coefficient (Wildman–Crippen LogP) is 11.8. The average molecular weight is 673 g/mol. The summed E-state index contributed by atoms with van der Waals surface area (Å²) >= 11 is 0. The van der Waals surface area contributed by atoms with Crippen LogP contribution in [0.25, 0.3) is 60.9 Å². The SMILES string of the molecule is Cc1cc(C)cc(-c2ccc3c4ccc(-c5cc(C)cc(C)c5)cc4n(-c4cccc5c4C(=O)N(c4ccc(-c6ccccc6)cc4)C5=O)c3c2)c1. The molecule has 9 rings (SSSR count). The Kier molecular flexibility index (Phi) is 7.30. The third kappa shape index (κ3) is 5.15. The van der Waals surface area contributed by atoms with E-state index in [4.69, 9.17) is 0 Å². The molecule has 0 fully saturated rings. The van der Waals surface area contributed by atoms with Gasteiger partial charge in [-0.3, -0.25) is 9.59 Å². The molecule has 2 heterocycles. The number of benzene rings is 7. The molecule has 2 amide bonds. The number of hydrogen-bond acceptors (Lipinski definition) is 2. The summed E-state index contributed by atoms with van der Waals surface area (Å²) in [5, 5.41) is 2.16. The van der Waals surface area contributed by atoms with Crippen LogP contribution in [0.2, 0.25) is 0 Å². The maximum Gasteiger partial charge on any atom is 0.268 e. The molecule has 7 aromatic carbocycles. The van der Waals surface area contributed by atoms with E-state index in [1.807, 2.05) is 66.7 Å². The van der Waals surface area contributed by atoms with Gasteiger partial charge in [-0.1, -0.05) is 131 Å². The van der Waals surface area contributed by atoms with Gasteiger partial charge in [0.25, 0.3) is 11.8 Å². The van der Waals surface area contributed by atoms with E-state index in [-0.39, 0.29) is 11.8 Å². The fourth-order valence-electron chi connectivity index (χ4n) is 8.04. The molecule has 0 saturated heterocycles. The van der Waals surface area contributed by atoms with Crippen LogP contribution in [0, 0.1) is 27.7 Å². The summed E-state index contributed by atoms with van der Waals surface area (Å²) in [4.78, 5) is 30.0. The van der Waals surface area contributed by atoms with Gasteiger partial charge in [0, 0.05) is 10.8 Å². The van der Waals surface area contributed by atoms with Crippen molar-refractivity contribution in [3.05, 3.63) is 179 Å². The van der Waals surface area contributed by atoms with Crippen molar-refractivity contribution >= 4 is 39.3 Å². The quantitative estimate of drug-likeness (QED) is 0.171. The Morgan fingerprint density at radius 2 is 0.904 bits per heavy atom. The summed E-state index contributed by atoms with van der Waals surface area (Å²) in [6.45, 7) is 8.49. The van der Waals surface area contributed by atoms with Crippen LogP contribution in [-0.2, 0) is 0 Å². The first kappa shape index (κ1) is 31.5. The molecular weight excluding hydrogens is 637 g/mol. The molecule has 0 aliphatic carbocycles. The zero-order chi connectivity index (χ0) is 35.7. The fourth-order valence-corrected chi connectivity index (χ4v) is 8.04. The molecule has 0 saturated carbocycles. The minimum absolute atomic E-state index is 0.318. The Morgan fingerprint density at radius 3 is 1.44 bits per heavy atom. The molecule has 0 unspecified atom stereocenters. The number of fused-ring (bicyclic) bond motifs is 4. The van der Waals surface area contributed by atoms with Crippen molar-refractivity contribution in [2.45, 2.75) is 27.7 Å². The average Bonchev–Trinajstić information content (AvgIpc) is 3.60. The van der Waals surface area contributed by atoms with Gasteiger partial charge in [0.1, 0.15) is 0 Å². The highest BCUT2D eigenvalue weighted by atomic mass is 16.2. The number of aromatic nitrogens is 1. The molecule has 0 radical (unpaired) electrons. The number of carbonyl (C=O) groups is 2. The first-order chi connectivity index (χ1) is 25.2. The van der Waals surface area contributed by atoms with Gasteiger partial charge in [-0.05, 0) is 97.5 Å². The zero-order valence-corrected chi connectivity index (χ0v) is 29.6. The van der Waals surface area contributed by atoms with Crippen LogP contribution in [0.3, 0.4) is 0 Å². The van der Waals surface area contributed by atoms with Gasteiger partial charge in [0.15, 0.2) is 0 Å². The molecule has 1 aliphatic heterocycles. The summed E-state index contributed by atoms with van der Waals surface area (Å²) < 4.78 is 2.19. The lowest BCUT2D eigenvalue weighted by molar-refractivity contribution is 0.0926. The summed E-state index contributed by atoms with van der Waals surface area (Å²) in [5.41, 5.74) is 15.4. The molecule has 0 atom stereocenters. The molecule has 8 aromatic rings. The number of anilines is 1. The second-order valence-corrected chi connectivity index (χ2v) is 14.1. The van der Waals surface area contributed by atoms with E-state index in [9.17, 15) is 9.59 Å². The molecule has 1 aromatic heterocycles. The lowest BCUT2D eigenvalue weighted by atomic mass is 9.98. The normalized spacial score (nSPS) is 12.7. The Labute approximate surface area is 303 Å². The molecule has 52 heavy (non-hydrogen) atoms. The Hall–Kier alpha value is -6.52. The zero-order valence-electron chi connectivity index (χ0n) is 29.6. The lowest BCUT2D eigenvalue weighted by Gasteiger charge is -2.16. The Balaban J connectivity index is 1.25. The van der Waals surface area contributed by atoms with Crippen LogP contribution in [0.1, 0.15) is 43.0 Å². The van der Waals surface area contributed by atoms with Crippen LogP contribution < -0.4 is 4.90 Å². The fraction of sp³-hybridized carbons (Fsp3) is 0.0833. The van der Waals surface area contributed by atoms with Crippen LogP contribution in [0.5, 0.6) is 0 Å². The highest BCUT2D eigenvalue weighted by Crippen LogP contribution is 2.41. The van der Waals surface area contributed by atoms with Crippen molar-refractivity contribution in [3.8, 4) is 39.1 Å². The van der Waals surface area contributed by atoms with E-state index in [0.29, 0.717) is 22.5 Å². The predicted molar refractivity (Wildman–Crippen MR) is 214 cm³/mol. The highest BCUT2D eigenvalue weighted by molar-refractivity contribution is 6.35. The van der Waals surface area contributed by atoms with Crippen molar-refractivity contribution in [2.75, 3.05) is 4.90 Å². The number of aryl methyl sites for hydroxylation is 4. The third-order valence-corrected chi connectivity index (χ3v) is 10.2. The molecule has 1 aliphatic rings. The van der Waals surface area contributed by atoms with E-state index >= 15 is 0 Å². The van der Waals surface area contributed by atoms with Crippen molar-refractivity contribution in [1.82, 2.24) is 4.57 Å². The standard InChI is InChI=1S/C48H36N2O2/c1-29-21-30(2)24-37(23-29)35-15-19-40-41-20-16-36(38-25-31(3)22-32(4)26-38)28-45(41)50(44(40)27-35)43-12-8-11-42-46(43)48(52)49(47(42)51)39-17-13-34(14-18-39)33-9-6-5-7-10-33/h5-28H,1-4H3. The van der Waals surface area contributed by atoms with Gasteiger partial charge in [-0.15, -0.1) is 0 Å². The number of nitrogens with zero attached hydrogens (tertiary/aromatic N) is 2. The Morgan fingerprint density at radius 1 is 0.404 bits per heavy atom. The molecular formula is C48H36N2O2. The lowest BCUT2D eigenvalue weighted by Crippen LogP contribution is -2.29. The highest BCUT2D eigenvalue weighted by Gasteiger charge is 2.39. The van der Waals surface area contributed by atoms with Crippen LogP contribution >= 0.6 is 0 Å². The first-order valence-electron chi connectivity index (χ1n) is 17.7. The number of imide groups is 1. The van der Waals surface area contributed by atoms with Crippen LogP contribution in [-0.4, -0.2) is 16.4 Å². The first-order valence-corrected chi connectivity index (χ1v) is 17.7. The second-order valence-electron chi connectivity index (χ2n) is 14.1. The van der Waals surface area contributed by atoms with E-state index in [1.165, 1.54) is 27.2 Å². The maximum absolute atomic E-state index is 14.6. The maximum atomic E-state index is 14.6. The van der Waals surface area contributed by atoms with Gasteiger partial charge < -0.3 is 4.57 Å². The van der Waals surface area contributed by atoms with Gasteiger partial charge in [0.2, 0.25) is 0 Å². The number of hydrogen-bond donors (Lipinski definition) is 0. The second kappa shape index (κ2) is 12.1. The number of carbonyl (C=O) groups excluding carboxylic acids is 2. The third-order valence-electron chi connectivity index (χ3n) is 10.2. The van der Waals surface area contributed by atoms with Crippen LogP contribution in [0.4, 0.5) is 5.69 Å².